The minimum Gasteiger partial charge on any atom is -0.312 e. The molecule has 0 saturated heterocycles. The van der Waals surface area contributed by atoms with Crippen LogP contribution in [0, 0.1) is 11.3 Å². The molecule has 0 aliphatic rings. The Bertz CT molecular complexity index is 140. The summed E-state index contributed by atoms with van der Waals surface area (Å²) in [5.41, 5.74) is 0.714. The number of hydrogen-bond donors (Lipinski definition) is 1. The number of rotatable bonds is 4. The van der Waals surface area contributed by atoms with Crippen molar-refractivity contribution in [3.8, 4) is 0 Å². The lowest BCUT2D eigenvalue weighted by molar-refractivity contribution is 0.263. The molecule has 0 rings (SSSR count). The molecule has 0 aliphatic carbocycles. The molecule has 0 fully saturated rings. The van der Waals surface area contributed by atoms with Gasteiger partial charge in [-0.15, -0.1) is 0 Å². The summed E-state index contributed by atoms with van der Waals surface area (Å²) in [5, 5.41) is 3.61. The molecule has 0 atom stereocenters. The van der Waals surface area contributed by atoms with Gasteiger partial charge < -0.3 is 5.32 Å². The van der Waals surface area contributed by atoms with Gasteiger partial charge in [0.05, 0.1) is 0 Å². The maximum absolute atomic E-state index is 3.61. The fourth-order valence-corrected chi connectivity index (χ4v) is 0.964. The molecule has 0 radical (unpaired) electrons. The zero-order valence-electron chi connectivity index (χ0n) is 10.5. The normalized spacial score (nSPS) is 13.8. The quantitative estimate of drug-likeness (QED) is 0.707. The lowest BCUT2D eigenvalue weighted by atomic mass is 9.88. The molecule has 0 amide bonds. The summed E-state index contributed by atoms with van der Waals surface area (Å²) in [7, 11) is 0. The van der Waals surface area contributed by atoms with Crippen LogP contribution in [0.15, 0.2) is 0 Å². The van der Waals surface area contributed by atoms with Crippen molar-refractivity contribution in [2.75, 3.05) is 6.54 Å². The van der Waals surface area contributed by atoms with Gasteiger partial charge in [0.1, 0.15) is 0 Å². The Kier molecular flexibility index (Phi) is 4.44. The van der Waals surface area contributed by atoms with Crippen LogP contribution in [0.25, 0.3) is 0 Å². The van der Waals surface area contributed by atoms with Crippen LogP contribution in [-0.2, 0) is 0 Å². The molecule has 0 aromatic rings. The Morgan fingerprint density at radius 2 is 1.46 bits per heavy atom. The molecular formula is C12H27N. The van der Waals surface area contributed by atoms with Crippen LogP contribution in [0.1, 0.15) is 54.9 Å². The largest absolute Gasteiger partial charge is 0.312 e. The second kappa shape index (κ2) is 4.45. The van der Waals surface area contributed by atoms with E-state index in [0.29, 0.717) is 11.3 Å². The van der Waals surface area contributed by atoms with E-state index in [1.165, 1.54) is 6.42 Å². The Morgan fingerprint density at radius 1 is 1.00 bits per heavy atom. The van der Waals surface area contributed by atoms with E-state index in [-0.39, 0.29) is 5.54 Å². The molecule has 0 heterocycles. The molecule has 80 valence electrons. The summed E-state index contributed by atoms with van der Waals surface area (Å²) in [6, 6.07) is 0. The predicted octanol–water partition coefficient (Wildman–Crippen LogP) is 3.45. The molecule has 0 unspecified atom stereocenters. The van der Waals surface area contributed by atoms with Crippen molar-refractivity contribution in [3.63, 3.8) is 0 Å². The number of nitrogens with one attached hydrogen (secondary N) is 1. The summed E-state index contributed by atoms with van der Waals surface area (Å²) in [4.78, 5) is 0. The summed E-state index contributed by atoms with van der Waals surface area (Å²) in [6.07, 6.45) is 1.24. The molecule has 0 aromatic carbocycles. The van der Waals surface area contributed by atoms with Crippen molar-refractivity contribution in [3.05, 3.63) is 0 Å². The zero-order chi connectivity index (χ0) is 10.7. The number of hydrogen-bond acceptors (Lipinski definition) is 1. The summed E-state index contributed by atoms with van der Waals surface area (Å²) >= 11 is 0. The van der Waals surface area contributed by atoms with Crippen molar-refractivity contribution in [1.82, 2.24) is 5.32 Å². The zero-order valence-corrected chi connectivity index (χ0v) is 10.5. The SMILES string of the molecule is CC(C)C(C)(C)NCCC(C)(C)C. The van der Waals surface area contributed by atoms with Crippen molar-refractivity contribution >= 4 is 0 Å². The molecule has 0 spiro atoms. The highest BCUT2D eigenvalue weighted by molar-refractivity contribution is 4.81. The molecule has 0 aromatic heterocycles. The summed E-state index contributed by atoms with van der Waals surface area (Å²) in [6.45, 7) is 17.1. The Labute approximate surface area is 84.3 Å². The monoisotopic (exact) mass is 185 g/mol. The van der Waals surface area contributed by atoms with Crippen molar-refractivity contribution in [2.24, 2.45) is 11.3 Å². The smallest absolute Gasteiger partial charge is 0.0148 e. The highest BCUT2D eigenvalue weighted by atomic mass is 15.0. The van der Waals surface area contributed by atoms with E-state index in [4.69, 9.17) is 0 Å². The molecule has 13 heavy (non-hydrogen) atoms. The molecular weight excluding hydrogens is 158 g/mol. The van der Waals surface area contributed by atoms with Gasteiger partial charge in [0.2, 0.25) is 0 Å². The van der Waals surface area contributed by atoms with Gasteiger partial charge in [0.15, 0.2) is 0 Å². The van der Waals surface area contributed by atoms with Crippen LogP contribution in [0.3, 0.4) is 0 Å². The fourth-order valence-electron chi connectivity index (χ4n) is 0.964. The first-order valence-electron chi connectivity index (χ1n) is 5.40. The molecule has 0 aliphatic heterocycles. The average molecular weight is 185 g/mol. The average Bonchev–Trinajstić information content (AvgIpc) is 1.82. The predicted molar refractivity (Wildman–Crippen MR) is 61.0 cm³/mol. The third-order valence-corrected chi connectivity index (χ3v) is 2.90. The first kappa shape index (κ1) is 13.0. The third kappa shape index (κ3) is 6.09. The lowest BCUT2D eigenvalue weighted by Crippen LogP contribution is -2.45. The van der Waals surface area contributed by atoms with Gasteiger partial charge in [-0.1, -0.05) is 34.6 Å². The van der Waals surface area contributed by atoms with Crippen LogP contribution >= 0.6 is 0 Å². The van der Waals surface area contributed by atoms with E-state index in [1.807, 2.05) is 0 Å². The van der Waals surface area contributed by atoms with E-state index >= 15 is 0 Å². The molecule has 0 bridgehead atoms. The van der Waals surface area contributed by atoms with E-state index in [9.17, 15) is 0 Å². The second-order valence-corrected chi connectivity index (χ2v) is 6.11. The molecule has 0 saturated carbocycles. The minimum absolute atomic E-state index is 0.269. The second-order valence-electron chi connectivity index (χ2n) is 6.11. The third-order valence-electron chi connectivity index (χ3n) is 2.90. The fraction of sp³-hybridized carbons (Fsp3) is 1.00. The Hall–Kier alpha value is -0.0400. The minimum atomic E-state index is 0.269. The van der Waals surface area contributed by atoms with Crippen LogP contribution in [0.5, 0.6) is 0 Å². The van der Waals surface area contributed by atoms with Crippen LogP contribution in [0.2, 0.25) is 0 Å². The Morgan fingerprint density at radius 3 is 1.77 bits per heavy atom. The van der Waals surface area contributed by atoms with Gasteiger partial charge in [-0.2, -0.15) is 0 Å². The topological polar surface area (TPSA) is 12.0 Å². The van der Waals surface area contributed by atoms with E-state index in [0.717, 1.165) is 6.54 Å². The van der Waals surface area contributed by atoms with Gasteiger partial charge in [0, 0.05) is 5.54 Å². The highest BCUT2D eigenvalue weighted by Gasteiger charge is 2.21. The van der Waals surface area contributed by atoms with E-state index in [2.05, 4.69) is 53.8 Å². The first-order chi connectivity index (χ1) is 5.65. The summed E-state index contributed by atoms with van der Waals surface area (Å²) in [5.74, 6) is 0.687. The standard InChI is InChI=1S/C12H27N/c1-10(2)12(6,7)13-9-8-11(3,4)5/h10,13H,8-9H2,1-7H3. The van der Waals surface area contributed by atoms with Crippen LogP contribution < -0.4 is 5.32 Å². The van der Waals surface area contributed by atoms with Crippen LogP contribution in [-0.4, -0.2) is 12.1 Å². The molecule has 1 N–H and O–H groups in total. The van der Waals surface area contributed by atoms with Gasteiger partial charge in [0.25, 0.3) is 0 Å². The first-order valence-corrected chi connectivity index (χ1v) is 5.40. The van der Waals surface area contributed by atoms with Crippen molar-refractivity contribution in [1.29, 1.82) is 0 Å². The molecule has 1 heteroatoms. The van der Waals surface area contributed by atoms with Gasteiger partial charge in [-0.25, -0.2) is 0 Å². The van der Waals surface area contributed by atoms with E-state index < -0.39 is 0 Å². The summed E-state index contributed by atoms with van der Waals surface area (Å²) < 4.78 is 0. The maximum Gasteiger partial charge on any atom is 0.0148 e. The van der Waals surface area contributed by atoms with Crippen LogP contribution in [0.4, 0.5) is 0 Å². The van der Waals surface area contributed by atoms with E-state index in [1.54, 1.807) is 0 Å². The highest BCUT2D eigenvalue weighted by Crippen LogP contribution is 2.19. The maximum atomic E-state index is 3.61. The lowest BCUT2D eigenvalue weighted by Gasteiger charge is -2.32. The molecule has 1 nitrogen and oxygen atoms in total. The van der Waals surface area contributed by atoms with Crippen molar-refractivity contribution in [2.45, 2.75) is 60.4 Å². The van der Waals surface area contributed by atoms with Gasteiger partial charge >= 0.3 is 0 Å². The Balaban J connectivity index is 3.77. The van der Waals surface area contributed by atoms with Gasteiger partial charge in [-0.3, -0.25) is 0 Å². The van der Waals surface area contributed by atoms with Crippen molar-refractivity contribution < 1.29 is 0 Å². The van der Waals surface area contributed by atoms with Gasteiger partial charge in [-0.05, 0) is 38.1 Å².